The summed E-state index contributed by atoms with van der Waals surface area (Å²) >= 11 is 7.52. The smallest absolute Gasteiger partial charge is 0.129 e. The second-order valence-corrected chi connectivity index (χ2v) is 4.59. The van der Waals surface area contributed by atoms with Crippen LogP contribution in [0.4, 0.5) is 0 Å². The molecule has 0 aromatic carbocycles. The number of hydrogen-bond acceptors (Lipinski definition) is 3. The third-order valence-electron chi connectivity index (χ3n) is 1.91. The van der Waals surface area contributed by atoms with Crippen molar-refractivity contribution in [3.63, 3.8) is 0 Å². The van der Waals surface area contributed by atoms with E-state index in [0.717, 1.165) is 17.9 Å². The summed E-state index contributed by atoms with van der Waals surface area (Å²) in [6, 6.07) is 4.12. The molecule has 0 fully saturated rings. The van der Waals surface area contributed by atoms with E-state index in [1.807, 2.05) is 30.1 Å². The number of nitrogens with two attached hydrogens (primary N) is 1. The van der Waals surface area contributed by atoms with Gasteiger partial charge in [-0.05, 0) is 18.1 Å². The number of rotatable bonds is 5. The Balaban J connectivity index is 2.28. The Morgan fingerprint density at radius 1 is 1.57 bits per heavy atom. The van der Waals surface area contributed by atoms with Crippen molar-refractivity contribution in [1.29, 1.82) is 0 Å². The van der Waals surface area contributed by atoms with E-state index in [1.165, 1.54) is 5.56 Å². The zero-order valence-corrected chi connectivity index (χ0v) is 9.81. The molecule has 1 aromatic rings. The van der Waals surface area contributed by atoms with Gasteiger partial charge in [0.2, 0.25) is 0 Å². The molecule has 4 heteroatoms. The first-order valence-electron chi connectivity index (χ1n) is 4.66. The second-order valence-electron chi connectivity index (χ2n) is 3.17. The molecule has 78 valence electrons. The van der Waals surface area contributed by atoms with E-state index in [-0.39, 0.29) is 0 Å². The minimum atomic E-state index is 0.306. The lowest BCUT2D eigenvalue weighted by molar-refractivity contribution is 0.725. The van der Waals surface area contributed by atoms with E-state index in [1.54, 1.807) is 0 Å². The molecule has 0 aliphatic carbocycles. The van der Waals surface area contributed by atoms with Gasteiger partial charge in [-0.25, -0.2) is 4.98 Å². The summed E-state index contributed by atoms with van der Waals surface area (Å²) in [7, 11) is 0. The summed E-state index contributed by atoms with van der Waals surface area (Å²) < 4.78 is 0. The number of pyridine rings is 1. The summed E-state index contributed by atoms with van der Waals surface area (Å²) in [5, 5.41) is 0.545. The van der Waals surface area contributed by atoms with Gasteiger partial charge in [0, 0.05) is 23.7 Å². The summed E-state index contributed by atoms with van der Waals surface area (Å²) in [5.41, 5.74) is 7.00. The summed E-state index contributed by atoms with van der Waals surface area (Å²) in [5.74, 6) is 1.96. The zero-order valence-electron chi connectivity index (χ0n) is 8.24. The van der Waals surface area contributed by atoms with Crippen molar-refractivity contribution in [2.45, 2.75) is 25.1 Å². The lowest BCUT2D eigenvalue weighted by atomic mass is 10.3. The predicted molar refractivity (Wildman–Crippen MR) is 63.7 cm³/mol. The highest BCUT2D eigenvalue weighted by Gasteiger charge is 2.00. The van der Waals surface area contributed by atoms with Crippen LogP contribution >= 0.6 is 23.4 Å². The molecule has 0 saturated carbocycles. The average Bonchev–Trinajstić information content (AvgIpc) is 2.21. The molecule has 1 unspecified atom stereocenters. The maximum atomic E-state index is 5.80. The van der Waals surface area contributed by atoms with Gasteiger partial charge in [0.15, 0.2) is 0 Å². The highest BCUT2D eigenvalue weighted by atomic mass is 35.5. The summed E-state index contributed by atoms with van der Waals surface area (Å²) in [6.45, 7) is 2.11. The molecule has 1 atom stereocenters. The Kier molecular flexibility index (Phi) is 5.30. The van der Waals surface area contributed by atoms with E-state index in [0.29, 0.717) is 11.2 Å². The molecule has 0 aliphatic rings. The molecule has 2 nitrogen and oxygen atoms in total. The standard InChI is InChI=1S/C10H15ClN2S/c1-2-9(12)7-14-6-8-3-4-10(11)13-5-8/h3-5,9H,2,6-7,12H2,1H3. The van der Waals surface area contributed by atoms with Crippen molar-refractivity contribution >= 4 is 23.4 Å². The van der Waals surface area contributed by atoms with Gasteiger partial charge >= 0.3 is 0 Å². The predicted octanol–water partition coefficient (Wildman–Crippen LogP) is 2.71. The van der Waals surface area contributed by atoms with Crippen LogP contribution in [0.15, 0.2) is 18.3 Å². The monoisotopic (exact) mass is 230 g/mol. The number of halogens is 1. The first-order valence-corrected chi connectivity index (χ1v) is 6.19. The fourth-order valence-corrected chi connectivity index (χ4v) is 2.11. The highest BCUT2D eigenvalue weighted by molar-refractivity contribution is 7.98. The van der Waals surface area contributed by atoms with Crippen LogP contribution in [0.25, 0.3) is 0 Å². The third kappa shape index (κ3) is 4.31. The van der Waals surface area contributed by atoms with Crippen LogP contribution in [0.1, 0.15) is 18.9 Å². The van der Waals surface area contributed by atoms with Gasteiger partial charge in [-0.3, -0.25) is 0 Å². The Bertz CT molecular complexity index is 263. The first kappa shape index (κ1) is 11.8. The van der Waals surface area contributed by atoms with Gasteiger partial charge < -0.3 is 5.73 Å². The minimum Gasteiger partial charge on any atom is -0.327 e. The third-order valence-corrected chi connectivity index (χ3v) is 3.34. The van der Waals surface area contributed by atoms with E-state index < -0.39 is 0 Å². The van der Waals surface area contributed by atoms with Gasteiger partial charge in [0.25, 0.3) is 0 Å². The molecule has 1 heterocycles. The van der Waals surface area contributed by atoms with Crippen LogP contribution in [0.3, 0.4) is 0 Å². The van der Waals surface area contributed by atoms with Gasteiger partial charge in [-0.1, -0.05) is 24.6 Å². The Hall–Kier alpha value is -0.250. The fraction of sp³-hybridized carbons (Fsp3) is 0.500. The molecule has 0 amide bonds. The van der Waals surface area contributed by atoms with Gasteiger partial charge in [-0.2, -0.15) is 11.8 Å². The SMILES string of the molecule is CCC(N)CSCc1ccc(Cl)nc1. The maximum Gasteiger partial charge on any atom is 0.129 e. The Morgan fingerprint density at radius 2 is 2.36 bits per heavy atom. The van der Waals surface area contributed by atoms with Crippen molar-refractivity contribution < 1.29 is 0 Å². The van der Waals surface area contributed by atoms with Crippen molar-refractivity contribution in [3.05, 3.63) is 29.0 Å². The van der Waals surface area contributed by atoms with Gasteiger partial charge in [0.05, 0.1) is 0 Å². The van der Waals surface area contributed by atoms with E-state index in [4.69, 9.17) is 17.3 Å². The topological polar surface area (TPSA) is 38.9 Å². The van der Waals surface area contributed by atoms with Crippen LogP contribution in [0, 0.1) is 0 Å². The maximum absolute atomic E-state index is 5.80. The number of aromatic nitrogens is 1. The first-order chi connectivity index (χ1) is 6.72. The molecule has 14 heavy (non-hydrogen) atoms. The van der Waals surface area contributed by atoms with Crippen molar-refractivity contribution in [1.82, 2.24) is 4.98 Å². The zero-order chi connectivity index (χ0) is 10.4. The molecular formula is C10H15ClN2S. The molecule has 0 spiro atoms. The molecule has 1 rings (SSSR count). The Labute approximate surface area is 94.2 Å². The molecule has 1 aromatic heterocycles. The van der Waals surface area contributed by atoms with E-state index >= 15 is 0 Å². The number of hydrogen-bond donors (Lipinski definition) is 1. The quantitative estimate of drug-likeness (QED) is 0.791. The van der Waals surface area contributed by atoms with Crippen LogP contribution in [-0.4, -0.2) is 16.8 Å². The molecule has 0 radical (unpaired) electrons. The molecule has 0 saturated heterocycles. The van der Waals surface area contributed by atoms with E-state index in [2.05, 4.69) is 11.9 Å². The van der Waals surface area contributed by atoms with Crippen molar-refractivity contribution in [2.24, 2.45) is 5.73 Å². The largest absolute Gasteiger partial charge is 0.327 e. The molecular weight excluding hydrogens is 216 g/mol. The van der Waals surface area contributed by atoms with Crippen LogP contribution < -0.4 is 5.73 Å². The highest BCUT2D eigenvalue weighted by Crippen LogP contribution is 2.14. The molecule has 0 aliphatic heterocycles. The van der Waals surface area contributed by atoms with E-state index in [9.17, 15) is 0 Å². The molecule has 0 bridgehead atoms. The van der Waals surface area contributed by atoms with Crippen LogP contribution in [-0.2, 0) is 5.75 Å². The van der Waals surface area contributed by atoms with Gasteiger partial charge in [0.1, 0.15) is 5.15 Å². The Morgan fingerprint density at radius 3 is 2.93 bits per heavy atom. The average molecular weight is 231 g/mol. The lowest BCUT2D eigenvalue weighted by Crippen LogP contribution is -2.21. The molecule has 2 N–H and O–H groups in total. The van der Waals surface area contributed by atoms with Crippen molar-refractivity contribution in [2.75, 3.05) is 5.75 Å². The second kappa shape index (κ2) is 6.27. The normalized spacial score (nSPS) is 12.8. The number of nitrogens with zero attached hydrogens (tertiary/aromatic N) is 1. The van der Waals surface area contributed by atoms with Crippen molar-refractivity contribution in [3.8, 4) is 0 Å². The number of thioether (sulfide) groups is 1. The fourth-order valence-electron chi connectivity index (χ4n) is 0.938. The van der Waals surface area contributed by atoms with Crippen LogP contribution in [0.2, 0.25) is 5.15 Å². The summed E-state index contributed by atoms with van der Waals surface area (Å²) in [4.78, 5) is 4.02. The summed E-state index contributed by atoms with van der Waals surface area (Å²) in [6.07, 6.45) is 2.85. The van der Waals surface area contributed by atoms with Gasteiger partial charge in [-0.15, -0.1) is 0 Å². The lowest BCUT2D eigenvalue weighted by Gasteiger charge is -2.07. The minimum absolute atomic E-state index is 0.306. The van der Waals surface area contributed by atoms with Crippen LogP contribution in [0.5, 0.6) is 0 Å².